The Morgan fingerprint density at radius 3 is 2.16 bits per heavy atom. The molecule has 234 valence electrons. The second kappa shape index (κ2) is 15.3. The number of methoxy groups -OCH3 is 1. The van der Waals surface area contributed by atoms with Gasteiger partial charge in [0.25, 0.3) is 0 Å². The summed E-state index contributed by atoms with van der Waals surface area (Å²) in [6.07, 6.45) is 0.773. The molecule has 1 aliphatic heterocycles. The van der Waals surface area contributed by atoms with Crippen molar-refractivity contribution in [2.45, 2.75) is 90.7 Å². The quantitative estimate of drug-likeness (QED) is 0.0756. The standard InChI is InChI=1S/C36H50O6Si/c1-10-32(39-26-30-18-20-31(37-7)21-19-30)33(42-43(8,9)34(2,3)4)24-36(27-40-35(5,6)41-28-36)22-14-15-23-38-25-29-16-12-11-13-17-29/h11-13,16-21,33H,1,22-28H2,2-9H3. The molecular formula is C36H50O6Si. The molecule has 0 spiro atoms. The van der Waals surface area contributed by atoms with Crippen molar-refractivity contribution in [3.8, 4) is 17.6 Å². The first-order valence-corrected chi connectivity index (χ1v) is 17.9. The van der Waals surface area contributed by atoms with Crippen LogP contribution in [0, 0.1) is 17.3 Å². The molecule has 0 bridgehead atoms. The molecule has 2 aromatic rings. The Kier molecular flexibility index (Phi) is 12.3. The maximum absolute atomic E-state index is 7.02. The van der Waals surface area contributed by atoms with E-state index in [0.29, 0.717) is 51.6 Å². The van der Waals surface area contributed by atoms with Crippen LogP contribution >= 0.6 is 0 Å². The monoisotopic (exact) mass is 606 g/mol. The molecule has 6 nitrogen and oxygen atoms in total. The predicted octanol–water partition coefficient (Wildman–Crippen LogP) is 8.04. The average Bonchev–Trinajstić information content (AvgIpc) is 2.97. The molecule has 0 radical (unpaired) electrons. The predicted molar refractivity (Wildman–Crippen MR) is 174 cm³/mol. The van der Waals surface area contributed by atoms with Crippen LogP contribution in [0.1, 0.15) is 58.6 Å². The van der Waals surface area contributed by atoms with Gasteiger partial charge < -0.3 is 28.1 Å². The molecular weight excluding hydrogens is 556 g/mol. The van der Waals surface area contributed by atoms with Gasteiger partial charge in [0.2, 0.25) is 0 Å². The van der Waals surface area contributed by atoms with Crippen molar-refractivity contribution in [2.24, 2.45) is 5.41 Å². The fraction of sp³-hybridized carbons (Fsp3) is 0.528. The molecule has 0 aliphatic carbocycles. The molecule has 0 aromatic heterocycles. The third kappa shape index (κ3) is 10.7. The Bertz CT molecular complexity index is 1250. The first kappa shape index (κ1) is 34.7. The van der Waals surface area contributed by atoms with Crippen molar-refractivity contribution in [3.05, 3.63) is 83.8 Å². The Morgan fingerprint density at radius 1 is 0.953 bits per heavy atom. The highest BCUT2D eigenvalue weighted by Crippen LogP contribution is 2.43. The van der Waals surface area contributed by atoms with E-state index in [-0.39, 0.29) is 11.1 Å². The Balaban J connectivity index is 1.80. The molecule has 1 saturated heterocycles. The van der Waals surface area contributed by atoms with Gasteiger partial charge in [-0.1, -0.05) is 81.5 Å². The summed E-state index contributed by atoms with van der Waals surface area (Å²) >= 11 is 0. The second-order valence-corrected chi connectivity index (χ2v) is 18.0. The van der Waals surface area contributed by atoms with Crippen LogP contribution in [-0.2, 0) is 36.6 Å². The number of ether oxygens (including phenoxy) is 5. The molecule has 0 N–H and O–H groups in total. The lowest BCUT2D eigenvalue weighted by Gasteiger charge is -2.46. The SMILES string of the molecule is C=C=C(OCc1ccc(OC)cc1)C(CC1(CC#CCOCc2ccccc2)COC(C)(C)OC1)O[Si](C)(C)C(C)(C)C. The van der Waals surface area contributed by atoms with Gasteiger partial charge in [-0.15, -0.1) is 5.92 Å². The van der Waals surface area contributed by atoms with E-state index in [0.717, 1.165) is 16.9 Å². The lowest BCUT2D eigenvalue weighted by Crippen LogP contribution is -2.50. The van der Waals surface area contributed by atoms with E-state index in [9.17, 15) is 0 Å². The fourth-order valence-corrected chi connectivity index (χ4v) is 5.63. The van der Waals surface area contributed by atoms with E-state index < -0.39 is 19.5 Å². The van der Waals surface area contributed by atoms with Crippen LogP contribution in [-0.4, -0.2) is 47.1 Å². The van der Waals surface area contributed by atoms with Crippen molar-refractivity contribution in [1.29, 1.82) is 0 Å². The minimum absolute atomic E-state index is 0.00185. The smallest absolute Gasteiger partial charge is 0.193 e. The normalized spacial score (nSPS) is 16.7. The van der Waals surface area contributed by atoms with Gasteiger partial charge in [-0.3, -0.25) is 0 Å². The largest absolute Gasteiger partial charge is 0.497 e. The van der Waals surface area contributed by atoms with E-state index in [2.05, 4.69) is 58.0 Å². The minimum atomic E-state index is -2.22. The summed E-state index contributed by atoms with van der Waals surface area (Å²) in [5, 5.41) is -0.00185. The summed E-state index contributed by atoms with van der Waals surface area (Å²) < 4.78 is 36.9. The molecule has 7 heteroatoms. The van der Waals surface area contributed by atoms with Crippen LogP contribution < -0.4 is 4.74 Å². The van der Waals surface area contributed by atoms with Crippen molar-refractivity contribution >= 4 is 8.32 Å². The number of hydrogen-bond acceptors (Lipinski definition) is 6. The van der Waals surface area contributed by atoms with Crippen molar-refractivity contribution in [2.75, 3.05) is 26.9 Å². The highest BCUT2D eigenvalue weighted by Gasteiger charge is 2.46. The third-order valence-corrected chi connectivity index (χ3v) is 12.7. The zero-order valence-electron chi connectivity index (χ0n) is 27.4. The maximum Gasteiger partial charge on any atom is 0.193 e. The van der Waals surface area contributed by atoms with E-state index in [1.54, 1.807) is 7.11 Å². The van der Waals surface area contributed by atoms with Gasteiger partial charge in [0, 0.05) is 11.8 Å². The summed E-state index contributed by atoms with van der Waals surface area (Å²) in [6, 6.07) is 17.9. The molecule has 1 atom stereocenters. The van der Waals surface area contributed by atoms with E-state index in [1.165, 1.54) is 0 Å². The van der Waals surface area contributed by atoms with Gasteiger partial charge in [0.05, 0.1) is 26.9 Å². The molecule has 2 aromatic carbocycles. The van der Waals surface area contributed by atoms with Crippen LogP contribution in [0.2, 0.25) is 18.1 Å². The van der Waals surface area contributed by atoms with Crippen LogP contribution in [0.25, 0.3) is 0 Å². The molecule has 0 amide bonds. The van der Waals surface area contributed by atoms with Crippen molar-refractivity contribution in [3.63, 3.8) is 0 Å². The molecule has 0 saturated carbocycles. The minimum Gasteiger partial charge on any atom is -0.497 e. The highest BCUT2D eigenvalue weighted by molar-refractivity contribution is 6.74. The lowest BCUT2D eigenvalue weighted by molar-refractivity contribution is -0.287. The van der Waals surface area contributed by atoms with Crippen molar-refractivity contribution < 1.29 is 28.1 Å². The Labute approximate surface area is 260 Å². The van der Waals surface area contributed by atoms with Gasteiger partial charge in [-0.2, -0.15) is 0 Å². The van der Waals surface area contributed by atoms with Gasteiger partial charge in [0.1, 0.15) is 25.1 Å². The number of rotatable bonds is 13. The molecule has 1 heterocycles. The fourth-order valence-electron chi connectivity index (χ4n) is 4.38. The summed E-state index contributed by atoms with van der Waals surface area (Å²) in [7, 11) is -0.560. The average molecular weight is 607 g/mol. The number of benzene rings is 2. The zero-order chi connectivity index (χ0) is 31.6. The third-order valence-electron chi connectivity index (χ3n) is 8.21. The number of hydrogen-bond donors (Lipinski definition) is 0. The summed E-state index contributed by atoms with van der Waals surface area (Å²) in [5.74, 6) is 7.29. The Morgan fingerprint density at radius 2 is 1.58 bits per heavy atom. The maximum atomic E-state index is 7.02. The lowest BCUT2D eigenvalue weighted by atomic mass is 9.79. The summed E-state index contributed by atoms with van der Waals surface area (Å²) in [4.78, 5) is 0. The van der Waals surface area contributed by atoms with E-state index in [4.69, 9.17) is 28.1 Å². The molecule has 1 fully saturated rings. The van der Waals surface area contributed by atoms with Gasteiger partial charge in [-0.25, -0.2) is 0 Å². The van der Waals surface area contributed by atoms with Gasteiger partial charge in [0.15, 0.2) is 19.9 Å². The first-order valence-electron chi connectivity index (χ1n) is 15.0. The van der Waals surface area contributed by atoms with Crippen molar-refractivity contribution in [1.82, 2.24) is 0 Å². The zero-order valence-corrected chi connectivity index (χ0v) is 28.4. The van der Waals surface area contributed by atoms with E-state index in [1.807, 2.05) is 68.4 Å². The Hall–Kier alpha value is -2.82. The van der Waals surface area contributed by atoms with Gasteiger partial charge >= 0.3 is 0 Å². The van der Waals surface area contributed by atoms with Crippen LogP contribution in [0.5, 0.6) is 5.75 Å². The topological polar surface area (TPSA) is 55.4 Å². The second-order valence-electron chi connectivity index (χ2n) is 13.2. The van der Waals surface area contributed by atoms with Gasteiger partial charge in [-0.05, 0) is 61.7 Å². The molecule has 1 unspecified atom stereocenters. The van der Waals surface area contributed by atoms with Crippen LogP contribution in [0.3, 0.4) is 0 Å². The van der Waals surface area contributed by atoms with Crippen LogP contribution in [0.4, 0.5) is 0 Å². The molecule has 1 aliphatic rings. The summed E-state index contributed by atoms with van der Waals surface area (Å²) in [6.45, 7) is 21.3. The highest BCUT2D eigenvalue weighted by atomic mass is 28.4. The first-order chi connectivity index (χ1) is 20.3. The van der Waals surface area contributed by atoms with Crippen LogP contribution in [0.15, 0.2) is 72.7 Å². The summed E-state index contributed by atoms with van der Waals surface area (Å²) in [5.41, 5.74) is 4.80. The molecule has 43 heavy (non-hydrogen) atoms. The molecule has 3 rings (SSSR count). The van der Waals surface area contributed by atoms with E-state index >= 15 is 0 Å².